The molecule has 2 aliphatic rings. The van der Waals surface area contributed by atoms with Crippen LogP contribution in [0.5, 0.6) is 0 Å². The molecule has 4 heterocycles. The van der Waals surface area contributed by atoms with Gasteiger partial charge in [-0.15, -0.1) is 0 Å². The topological polar surface area (TPSA) is 92.7 Å². The second-order valence-corrected chi connectivity index (χ2v) is 7.57. The third kappa shape index (κ3) is 2.59. The third-order valence-corrected chi connectivity index (χ3v) is 5.41. The molecule has 0 N–H and O–H groups in total. The lowest BCUT2D eigenvalue weighted by Gasteiger charge is -2.18. The van der Waals surface area contributed by atoms with Crippen molar-refractivity contribution in [1.82, 2.24) is 19.9 Å². The molecular formula is C20H20N4O4. The van der Waals surface area contributed by atoms with E-state index in [1.807, 2.05) is 19.9 Å². The van der Waals surface area contributed by atoms with Crippen LogP contribution in [0.1, 0.15) is 40.4 Å². The van der Waals surface area contributed by atoms with Gasteiger partial charge in [-0.1, -0.05) is 5.16 Å². The Morgan fingerprint density at radius 3 is 2.68 bits per heavy atom. The average molecular weight is 380 g/mol. The number of hydrogen-bond donors (Lipinski definition) is 0. The van der Waals surface area contributed by atoms with Crippen molar-refractivity contribution < 1.29 is 18.5 Å². The summed E-state index contributed by atoms with van der Waals surface area (Å²) >= 11 is 0. The zero-order valence-electron chi connectivity index (χ0n) is 16.0. The van der Waals surface area contributed by atoms with E-state index in [-0.39, 0.29) is 24.4 Å². The molecule has 0 radical (unpaired) electrons. The summed E-state index contributed by atoms with van der Waals surface area (Å²) in [5.41, 5.74) is 2.75. The van der Waals surface area contributed by atoms with Crippen molar-refractivity contribution in [3.63, 3.8) is 0 Å². The van der Waals surface area contributed by atoms with Gasteiger partial charge in [0.05, 0.1) is 29.0 Å². The van der Waals surface area contributed by atoms with Gasteiger partial charge in [-0.25, -0.2) is 4.98 Å². The van der Waals surface area contributed by atoms with Crippen molar-refractivity contribution in [2.75, 3.05) is 13.2 Å². The lowest BCUT2D eigenvalue weighted by atomic mass is 10.0. The Morgan fingerprint density at radius 1 is 1.21 bits per heavy atom. The van der Waals surface area contributed by atoms with Crippen LogP contribution in [0.3, 0.4) is 0 Å². The van der Waals surface area contributed by atoms with Crippen LogP contribution >= 0.6 is 0 Å². The van der Waals surface area contributed by atoms with Gasteiger partial charge in [-0.3, -0.25) is 9.59 Å². The number of rotatable bonds is 3. The summed E-state index contributed by atoms with van der Waals surface area (Å²) in [4.78, 5) is 33.6. The van der Waals surface area contributed by atoms with Crippen LogP contribution in [-0.2, 0) is 4.79 Å². The van der Waals surface area contributed by atoms with Crippen molar-refractivity contribution in [3.8, 4) is 11.3 Å². The maximum absolute atomic E-state index is 13.3. The monoisotopic (exact) mass is 380 g/mol. The Balaban J connectivity index is 1.59. The summed E-state index contributed by atoms with van der Waals surface area (Å²) < 4.78 is 11.0. The zero-order valence-corrected chi connectivity index (χ0v) is 16.0. The molecule has 0 spiro atoms. The van der Waals surface area contributed by atoms with Crippen molar-refractivity contribution in [2.45, 2.75) is 39.7 Å². The number of amides is 2. The number of nitrogens with zero attached hydrogens (tertiary/aromatic N) is 4. The molecule has 1 aliphatic heterocycles. The molecule has 0 bridgehead atoms. The quantitative estimate of drug-likeness (QED) is 0.694. The molecule has 0 atom stereocenters. The Hall–Kier alpha value is -3.16. The fourth-order valence-electron chi connectivity index (χ4n) is 3.87. The highest BCUT2D eigenvalue weighted by atomic mass is 16.5. The Labute approximate surface area is 161 Å². The second kappa shape index (κ2) is 5.92. The standard InChI is InChI=1S/C20H20N4O4/c1-10-6-14(12(3)27-10)16-7-15(18-11(2)22-28-19(18)21-16)20(26)23-8-17(25)24(9-23)13-4-5-13/h6-7,13H,4-5,8-9H2,1-3H3. The van der Waals surface area contributed by atoms with E-state index in [2.05, 4.69) is 10.1 Å². The average Bonchev–Trinajstić information content (AvgIpc) is 3.20. The number of aryl methyl sites for hydroxylation is 3. The van der Waals surface area contributed by atoms with Crippen molar-refractivity contribution in [3.05, 3.63) is 34.9 Å². The molecule has 1 saturated carbocycles. The molecule has 5 rings (SSSR count). The Kier molecular flexibility index (Phi) is 3.59. The summed E-state index contributed by atoms with van der Waals surface area (Å²) in [5.74, 6) is 1.27. The van der Waals surface area contributed by atoms with Crippen LogP contribution in [0, 0.1) is 20.8 Å². The molecule has 28 heavy (non-hydrogen) atoms. The van der Waals surface area contributed by atoms with E-state index in [0.717, 1.165) is 29.9 Å². The van der Waals surface area contributed by atoms with E-state index in [1.165, 1.54) is 0 Å². The van der Waals surface area contributed by atoms with Gasteiger partial charge in [-0.2, -0.15) is 0 Å². The number of aromatic nitrogens is 2. The predicted molar refractivity (Wildman–Crippen MR) is 99.5 cm³/mol. The molecule has 8 heteroatoms. The first-order valence-corrected chi connectivity index (χ1v) is 9.35. The van der Waals surface area contributed by atoms with Crippen molar-refractivity contribution in [2.24, 2.45) is 0 Å². The molecule has 144 valence electrons. The number of carbonyl (C=O) groups is 2. The van der Waals surface area contributed by atoms with Gasteiger partial charge in [0, 0.05) is 11.6 Å². The summed E-state index contributed by atoms with van der Waals surface area (Å²) in [6, 6.07) is 3.92. The maximum atomic E-state index is 13.3. The summed E-state index contributed by atoms with van der Waals surface area (Å²) in [6.07, 6.45) is 2.03. The lowest BCUT2D eigenvalue weighted by molar-refractivity contribution is -0.127. The largest absolute Gasteiger partial charge is 0.466 e. The van der Waals surface area contributed by atoms with Gasteiger partial charge in [0.25, 0.3) is 11.6 Å². The Morgan fingerprint density at radius 2 is 2.00 bits per heavy atom. The third-order valence-electron chi connectivity index (χ3n) is 5.41. The van der Waals surface area contributed by atoms with Crippen LogP contribution in [0.4, 0.5) is 0 Å². The molecule has 0 aromatic carbocycles. The van der Waals surface area contributed by atoms with E-state index in [1.54, 1.807) is 22.8 Å². The van der Waals surface area contributed by atoms with Gasteiger partial charge in [0.15, 0.2) is 0 Å². The zero-order chi connectivity index (χ0) is 19.6. The van der Waals surface area contributed by atoms with Crippen molar-refractivity contribution >= 4 is 22.9 Å². The van der Waals surface area contributed by atoms with E-state index >= 15 is 0 Å². The SMILES string of the molecule is Cc1cc(-c2cc(C(=O)N3CC(=O)N(C4CC4)C3)c3c(C)noc3n2)c(C)o1. The molecule has 0 unspecified atom stereocenters. The number of fused-ring (bicyclic) bond motifs is 1. The predicted octanol–water partition coefficient (Wildman–Crippen LogP) is 2.81. The minimum atomic E-state index is -0.214. The molecule has 2 fully saturated rings. The van der Waals surface area contributed by atoms with Gasteiger partial charge in [0.2, 0.25) is 5.91 Å². The molecule has 1 saturated heterocycles. The fraction of sp³-hybridized carbons (Fsp3) is 0.400. The van der Waals surface area contributed by atoms with Crippen LogP contribution in [0.15, 0.2) is 21.1 Å². The highest BCUT2D eigenvalue weighted by Gasteiger charge is 2.40. The first-order valence-electron chi connectivity index (χ1n) is 9.35. The number of furan rings is 1. The van der Waals surface area contributed by atoms with Crippen LogP contribution < -0.4 is 0 Å². The van der Waals surface area contributed by atoms with Gasteiger partial charge in [0.1, 0.15) is 18.1 Å². The van der Waals surface area contributed by atoms with E-state index < -0.39 is 0 Å². The fourth-order valence-corrected chi connectivity index (χ4v) is 3.87. The smallest absolute Gasteiger partial charge is 0.259 e. The lowest BCUT2D eigenvalue weighted by Crippen LogP contribution is -2.32. The van der Waals surface area contributed by atoms with Crippen LogP contribution in [0.2, 0.25) is 0 Å². The molecular weight excluding hydrogens is 360 g/mol. The van der Waals surface area contributed by atoms with Gasteiger partial charge in [-0.05, 0) is 45.7 Å². The summed E-state index contributed by atoms with van der Waals surface area (Å²) in [5, 5.41) is 4.57. The minimum Gasteiger partial charge on any atom is -0.466 e. The first-order chi connectivity index (χ1) is 13.4. The van der Waals surface area contributed by atoms with Gasteiger partial charge >= 0.3 is 0 Å². The van der Waals surface area contributed by atoms with E-state index in [0.29, 0.717) is 34.7 Å². The van der Waals surface area contributed by atoms with E-state index in [4.69, 9.17) is 8.94 Å². The summed E-state index contributed by atoms with van der Waals surface area (Å²) in [7, 11) is 0. The number of pyridine rings is 1. The molecule has 3 aromatic heterocycles. The molecule has 1 aliphatic carbocycles. The Bertz CT molecular complexity index is 1120. The minimum absolute atomic E-state index is 0.00437. The molecule has 2 amide bonds. The first kappa shape index (κ1) is 17.0. The van der Waals surface area contributed by atoms with E-state index in [9.17, 15) is 9.59 Å². The highest BCUT2D eigenvalue weighted by molar-refractivity contribution is 6.08. The van der Waals surface area contributed by atoms with Crippen LogP contribution in [0.25, 0.3) is 22.4 Å². The maximum Gasteiger partial charge on any atom is 0.259 e. The second-order valence-electron chi connectivity index (χ2n) is 7.57. The number of carbonyl (C=O) groups excluding carboxylic acids is 2. The van der Waals surface area contributed by atoms with Gasteiger partial charge < -0.3 is 18.7 Å². The molecule has 8 nitrogen and oxygen atoms in total. The molecule has 3 aromatic rings. The summed E-state index contributed by atoms with van der Waals surface area (Å²) in [6.45, 7) is 5.93. The highest BCUT2D eigenvalue weighted by Crippen LogP contribution is 2.33. The van der Waals surface area contributed by atoms with Crippen molar-refractivity contribution in [1.29, 1.82) is 0 Å². The van der Waals surface area contributed by atoms with Crippen LogP contribution in [-0.4, -0.2) is 51.0 Å². The number of hydrogen-bond acceptors (Lipinski definition) is 6. The normalized spacial score (nSPS) is 17.2.